The van der Waals surface area contributed by atoms with Crippen LogP contribution in [-0.2, 0) is 4.79 Å². The number of amides is 1. The van der Waals surface area contributed by atoms with Crippen LogP contribution in [0.4, 0.5) is 28.8 Å². The number of anilines is 5. The summed E-state index contributed by atoms with van der Waals surface area (Å²) in [5, 5.41) is 9.23. The SMILES string of the molecule is CC(=O)Nc1cccc(Nc2nc(C)cc(Nc3ccc(OC(C)C)cc3)n2)c1. The van der Waals surface area contributed by atoms with Crippen LogP contribution in [0.15, 0.2) is 54.6 Å². The van der Waals surface area contributed by atoms with Gasteiger partial charge in [-0.25, -0.2) is 4.98 Å². The number of hydrogen-bond acceptors (Lipinski definition) is 6. The number of rotatable bonds is 7. The minimum atomic E-state index is -0.120. The van der Waals surface area contributed by atoms with E-state index in [1.165, 1.54) is 6.92 Å². The zero-order valence-electron chi connectivity index (χ0n) is 17.0. The van der Waals surface area contributed by atoms with Crippen LogP contribution in [0.5, 0.6) is 5.75 Å². The third kappa shape index (κ3) is 6.21. The van der Waals surface area contributed by atoms with Crippen molar-refractivity contribution in [3.05, 3.63) is 60.3 Å². The van der Waals surface area contributed by atoms with Crippen molar-refractivity contribution in [1.82, 2.24) is 9.97 Å². The van der Waals surface area contributed by atoms with E-state index in [0.29, 0.717) is 17.5 Å². The van der Waals surface area contributed by atoms with E-state index in [-0.39, 0.29) is 12.0 Å². The maximum atomic E-state index is 11.2. The van der Waals surface area contributed by atoms with Crippen LogP contribution in [0.25, 0.3) is 0 Å². The van der Waals surface area contributed by atoms with Gasteiger partial charge in [-0.1, -0.05) is 6.07 Å². The molecule has 0 aliphatic rings. The van der Waals surface area contributed by atoms with Gasteiger partial charge in [-0.05, 0) is 63.2 Å². The summed E-state index contributed by atoms with van der Waals surface area (Å²) < 4.78 is 5.67. The first-order valence-corrected chi connectivity index (χ1v) is 9.41. The molecule has 0 fully saturated rings. The van der Waals surface area contributed by atoms with Crippen molar-refractivity contribution in [2.24, 2.45) is 0 Å². The van der Waals surface area contributed by atoms with Gasteiger partial charge in [0.1, 0.15) is 11.6 Å². The minimum Gasteiger partial charge on any atom is -0.491 e. The van der Waals surface area contributed by atoms with Crippen LogP contribution in [0.1, 0.15) is 26.5 Å². The van der Waals surface area contributed by atoms with Gasteiger partial charge in [0, 0.05) is 35.7 Å². The summed E-state index contributed by atoms with van der Waals surface area (Å²) >= 11 is 0. The molecule has 29 heavy (non-hydrogen) atoms. The number of nitrogens with one attached hydrogen (secondary N) is 3. The van der Waals surface area contributed by atoms with Crippen LogP contribution >= 0.6 is 0 Å². The van der Waals surface area contributed by atoms with Crippen LogP contribution in [-0.4, -0.2) is 22.0 Å². The summed E-state index contributed by atoms with van der Waals surface area (Å²) in [4.78, 5) is 20.2. The predicted molar refractivity (Wildman–Crippen MR) is 116 cm³/mol. The summed E-state index contributed by atoms with van der Waals surface area (Å²) in [6.07, 6.45) is 0.135. The van der Waals surface area contributed by atoms with E-state index in [1.807, 2.05) is 75.4 Å². The van der Waals surface area contributed by atoms with E-state index in [0.717, 1.165) is 22.8 Å². The van der Waals surface area contributed by atoms with E-state index in [1.54, 1.807) is 0 Å². The Morgan fingerprint density at radius 2 is 1.66 bits per heavy atom. The molecule has 0 unspecified atom stereocenters. The van der Waals surface area contributed by atoms with Gasteiger partial charge in [-0.3, -0.25) is 4.79 Å². The van der Waals surface area contributed by atoms with E-state index in [2.05, 4.69) is 25.9 Å². The topological polar surface area (TPSA) is 88.2 Å². The molecule has 0 saturated heterocycles. The van der Waals surface area contributed by atoms with E-state index >= 15 is 0 Å². The molecule has 150 valence electrons. The fraction of sp³-hybridized carbons (Fsp3) is 0.227. The fourth-order valence-corrected chi connectivity index (χ4v) is 2.73. The van der Waals surface area contributed by atoms with Crippen LogP contribution < -0.4 is 20.7 Å². The maximum absolute atomic E-state index is 11.2. The molecule has 1 heterocycles. The van der Waals surface area contributed by atoms with Gasteiger partial charge in [0.05, 0.1) is 6.10 Å². The molecule has 1 aromatic heterocycles. The highest BCUT2D eigenvalue weighted by atomic mass is 16.5. The first kappa shape index (κ1) is 20.1. The van der Waals surface area contributed by atoms with Gasteiger partial charge in [-0.15, -0.1) is 0 Å². The quantitative estimate of drug-likeness (QED) is 0.524. The number of aryl methyl sites for hydroxylation is 1. The Morgan fingerprint density at radius 1 is 0.931 bits per heavy atom. The van der Waals surface area contributed by atoms with E-state index < -0.39 is 0 Å². The molecular formula is C22H25N5O2. The summed E-state index contributed by atoms with van der Waals surface area (Å²) in [5.74, 6) is 1.85. The van der Waals surface area contributed by atoms with Gasteiger partial charge in [-0.2, -0.15) is 4.98 Å². The lowest BCUT2D eigenvalue weighted by molar-refractivity contribution is -0.114. The molecule has 0 spiro atoms. The molecule has 0 bridgehead atoms. The monoisotopic (exact) mass is 391 g/mol. The minimum absolute atomic E-state index is 0.120. The Hall–Kier alpha value is -3.61. The lowest BCUT2D eigenvalue weighted by atomic mass is 10.2. The van der Waals surface area contributed by atoms with Crippen molar-refractivity contribution < 1.29 is 9.53 Å². The molecule has 7 heteroatoms. The first-order valence-electron chi connectivity index (χ1n) is 9.41. The number of nitrogens with zero attached hydrogens (tertiary/aromatic N) is 2. The molecule has 3 N–H and O–H groups in total. The highest BCUT2D eigenvalue weighted by Crippen LogP contribution is 2.23. The molecule has 3 rings (SSSR count). The van der Waals surface area contributed by atoms with Gasteiger partial charge < -0.3 is 20.7 Å². The zero-order chi connectivity index (χ0) is 20.8. The van der Waals surface area contributed by atoms with Crippen molar-refractivity contribution in [3.63, 3.8) is 0 Å². The third-order valence-corrected chi connectivity index (χ3v) is 3.79. The number of benzene rings is 2. The average molecular weight is 391 g/mol. The van der Waals surface area contributed by atoms with Crippen LogP contribution in [0, 0.1) is 6.92 Å². The Bertz CT molecular complexity index is 987. The number of ether oxygens (including phenoxy) is 1. The predicted octanol–water partition coefficient (Wildman–Crippen LogP) is 5.02. The van der Waals surface area contributed by atoms with Crippen molar-refractivity contribution in [1.29, 1.82) is 0 Å². The molecule has 3 aromatic rings. The molecule has 0 radical (unpaired) electrons. The van der Waals surface area contributed by atoms with Gasteiger partial charge in [0.2, 0.25) is 11.9 Å². The largest absolute Gasteiger partial charge is 0.491 e. The summed E-state index contributed by atoms with van der Waals surface area (Å²) in [7, 11) is 0. The summed E-state index contributed by atoms with van der Waals surface area (Å²) in [6, 6.07) is 17.0. The Morgan fingerprint density at radius 3 is 2.34 bits per heavy atom. The van der Waals surface area contributed by atoms with Crippen molar-refractivity contribution in [2.45, 2.75) is 33.8 Å². The molecule has 0 aliphatic heterocycles. The summed E-state index contributed by atoms with van der Waals surface area (Å²) in [6.45, 7) is 7.38. The number of carbonyl (C=O) groups is 1. The molecule has 0 atom stereocenters. The second kappa shape index (κ2) is 9.05. The highest BCUT2D eigenvalue weighted by Gasteiger charge is 2.06. The van der Waals surface area contributed by atoms with E-state index in [9.17, 15) is 4.79 Å². The second-order valence-corrected chi connectivity index (χ2v) is 6.92. The van der Waals surface area contributed by atoms with Crippen molar-refractivity contribution in [2.75, 3.05) is 16.0 Å². The molecule has 7 nitrogen and oxygen atoms in total. The Balaban J connectivity index is 1.74. The van der Waals surface area contributed by atoms with Crippen molar-refractivity contribution >= 4 is 34.7 Å². The van der Waals surface area contributed by atoms with Crippen LogP contribution in [0.2, 0.25) is 0 Å². The Labute approximate surface area is 170 Å². The molecule has 1 amide bonds. The normalized spacial score (nSPS) is 10.5. The lowest BCUT2D eigenvalue weighted by Crippen LogP contribution is -2.06. The smallest absolute Gasteiger partial charge is 0.229 e. The molecule has 0 aliphatic carbocycles. The number of aromatic nitrogens is 2. The highest BCUT2D eigenvalue weighted by molar-refractivity contribution is 5.89. The van der Waals surface area contributed by atoms with Crippen molar-refractivity contribution in [3.8, 4) is 5.75 Å². The number of carbonyl (C=O) groups excluding carboxylic acids is 1. The Kier molecular flexibility index (Phi) is 6.29. The fourth-order valence-electron chi connectivity index (χ4n) is 2.73. The lowest BCUT2D eigenvalue weighted by Gasteiger charge is -2.12. The van der Waals surface area contributed by atoms with E-state index in [4.69, 9.17) is 4.74 Å². The third-order valence-electron chi connectivity index (χ3n) is 3.79. The standard InChI is InChI=1S/C22H25N5O2/c1-14(2)29-20-10-8-17(9-11-20)25-21-12-15(3)23-22(27-21)26-19-7-5-6-18(13-19)24-16(4)28/h5-14H,1-4H3,(H,24,28)(H2,23,25,26,27). The summed E-state index contributed by atoms with van der Waals surface area (Å²) in [5.41, 5.74) is 3.21. The van der Waals surface area contributed by atoms with Crippen LogP contribution in [0.3, 0.4) is 0 Å². The zero-order valence-corrected chi connectivity index (χ0v) is 17.0. The first-order chi connectivity index (χ1) is 13.9. The maximum Gasteiger partial charge on any atom is 0.229 e. The molecular weight excluding hydrogens is 366 g/mol. The number of hydrogen-bond donors (Lipinski definition) is 3. The van der Waals surface area contributed by atoms with Gasteiger partial charge >= 0.3 is 0 Å². The molecule has 2 aromatic carbocycles. The average Bonchev–Trinajstić information content (AvgIpc) is 2.62. The van der Waals surface area contributed by atoms with Gasteiger partial charge in [0.25, 0.3) is 0 Å². The molecule has 0 saturated carbocycles. The van der Waals surface area contributed by atoms with Gasteiger partial charge in [0.15, 0.2) is 0 Å². The second-order valence-electron chi connectivity index (χ2n) is 6.92.